The van der Waals surface area contributed by atoms with Crippen molar-refractivity contribution in [2.24, 2.45) is 0 Å². The van der Waals surface area contributed by atoms with E-state index in [1.54, 1.807) is 42.5 Å². The van der Waals surface area contributed by atoms with Crippen LogP contribution in [0, 0.1) is 5.82 Å². The first-order chi connectivity index (χ1) is 12.1. The molecule has 0 aliphatic heterocycles. The van der Waals surface area contributed by atoms with Crippen LogP contribution >= 0.6 is 11.6 Å². The van der Waals surface area contributed by atoms with E-state index in [1.807, 2.05) is 6.07 Å². The Bertz CT molecular complexity index is 971. The van der Waals surface area contributed by atoms with Crippen LogP contribution in [0.15, 0.2) is 65.6 Å². The number of H-pyrrole nitrogens is 1. The third-order valence-corrected chi connectivity index (χ3v) is 4.13. The van der Waals surface area contributed by atoms with Gasteiger partial charge in [0.05, 0.1) is 5.02 Å². The molecule has 1 aromatic heterocycles. The SMILES string of the molecule is O=C(NCc1ccc(-c2cc[nH]c(=O)c2)c(F)c1Cl)c1ccccc1. The zero-order valence-corrected chi connectivity index (χ0v) is 13.8. The van der Waals surface area contributed by atoms with Crippen LogP contribution in [0.1, 0.15) is 15.9 Å². The maximum absolute atomic E-state index is 14.6. The molecule has 0 bridgehead atoms. The van der Waals surface area contributed by atoms with Crippen molar-refractivity contribution >= 4 is 17.5 Å². The zero-order valence-electron chi connectivity index (χ0n) is 13.1. The summed E-state index contributed by atoms with van der Waals surface area (Å²) in [6, 6.07) is 14.8. The van der Waals surface area contributed by atoms with Crippen molar-refractivity contribution in [1.82, 2.24) is 10.3 Å². The molecule has 0 aliphatic rings. The minimum Gasteiger partial charge on any atom is -0.348 e. The van der Waals surface area contributed by atoms with E-state index in [2.05, 4.69) is 10.3 Å². The lowest BCUT2D eigenvalue weighted by Crippen LogP contribution is -2.23. The number of aromatic nitrogens is 1. The van der Waals surface area contributed by atoms with Gasteiger partial charge >= 0.3 is 0 Å². The second-order valence-corrected chi connectivity index (χ2v) is 5.77. The number of hydrogen-bond donors (Lipinski definition) is 2. The molecule has 0 saturated carbocycles. The summed E-state index contributed by atoms with van der Waals surface area (Å²) in [6.45, 7) is 0.0964. The van der Waals surface area contributed by atoms with Crippen molar-refractivity contribution in [2.45, 2.75) is 6.54 Å². The van der Waals surface area contributed by atoms with E-state index in [4.69, 9.17) is 11.6 Å². The van der Waals surface area contributed by atoms with Crippen LogP contribution in [-0.2, 0) is 6.54 Å². The minimum atomic E-state index is -0.626. The largest absolute Gasteiger partial charge is 0.348 e. The van der Waals surface area contributed by atoms with Crippen LogP contribution in [0.5, 0.6) is 0 Å². The van der Waals surface area contributed by atoms with E-state index in [0.29, 0.717) is 16.7 Å². The minimum absolute atomic E-state index is 0.0776. The normalized spacial score (nSPS) is 10.5. The Balaban J connectivity index is 1.81. The molecule has 4 nitrogen and oxygen atoms in total. The summed E-state index contributed by atoms with van der Waals surface area (Å²) in [7, 11) is 0. The molecule has 1 amide bonds. The predicted octanol–water partition coefficient (Wildman–Crippen LogP) is 3.76. The summed E-state index contributed by atoms with van der Waals surface area (Å²) in [4.78, 5) is 25.9. The summed E-state index contributed by atoms with van der Waals surface area (Å²) in [5.74, 6) is -0.894. The molecular formula is C19H14ClFN2O2. The van der Waals surface area contributed by atoms with Gasteiger partial charge in [0, 0.05) is 29.9 Å². The van der Waals surface area contributed by atoms with Crippen molar-refractivity contribution in [3.05, 3.63) is 93.1 Å². The lowest BCUT2D eigenvalue weighted by atomic mass is 10.0. The van der Waals surface area contributed by atoms with E-state index < -0.39 is 5.82 Å². The van der Waals surface area contributed by atoms with Crippen LogP contribution in [-0.4, -0.2) is 10.9 Å². The van der Waals surface area contributed by atoms with Gasteiger partial charge in [-0.05, 0) is 29.3 Å². The molecule has 0 radical (unpaired) electrons. The van der Waals surface area contributed by atoms with Gasteiger partial charge in [0.1, 0.15) is 5.82 Å². The monoisotopic (exact) mass is 356 g/mol. The Morgan fingerprint density at radius 3 is 2.60 bits per heavy atom. The fourth-order valence-corrected chi connectivity index (χ4v) is 2.66. The molecule has 0 fully saturated rings. The standard InChI is InChI=1S/C19H14ClFN2O2/c20-17-14(11-23-19(25)12-4-2-1-3-5-12)6-7-15(18(17)21)13-8-9-22-16(24)10-13/h1-10H,11H2,(H,22,24)(H,23,25). The number of hydrogen-bond acceptors (Lipinski definition) is 2. The second kappa shape index (κ2) is 7.32. The number of halogens is 2. The molecule has 3 rings (SSSR count). The first kappa shape index (κ1) is 16.9. The van der Waals surface area contributed by atoms with Crippen LogP contribution in [0.4, 0.5) is 4.39 Å². The molecule has 2 aromatic carbocycles. The molecular weight excluding hydrogens is 343 g/mol. The molecule has 3 aromatic rings. The number of aromatic amines is 1. The van der Waals surface area contributed by atoms with Gasteiger partial charge in [-0.25, -0.2) is 4.39 Å². The highest BCUT2D eigenvalue weighted by Gasteiger charge is 2.14. The first-order valence-corrected chi connectivity index (χ1v) is 7.93. The summed E-state index contributed by atoms with van der Waals surface area (Å²) < 4.78 is 14.6. The summed E-state index contributed by atoms with van der Waals surface area (Å²) in [6.07, 6.45) is 1.44. The van der Waals surface area contributed by atoms with Crippen molar-refractivity contribution < 1.29 is 9.18 Å². The van der Waals surface area contributed by atoms with E-state index in [1.165, 1.54) is 12.3 Å². The number of nitrogens with one attached hydrogen (secondary N) is 2. The fourth-order valence-electron chi connectivity index (χ4n) is 2.43. The molecule has 0 unspecified atom stereocenters. The van der Waals surface area contributed by atoms with Crippen LogP contribution in [0.2, 0.25) is 5.02 Å². The summed E-state index contributed by atoms with van der Waals surface area (Å²) in [5.41, 5.74) is 1.31. The zero-order chi connectivity index (χ0) is 17.8. The number of rotatable bonds is 4. The summed E-state index contributed by atoms with van der Waals surface area (Å²) in [5, 5.41) is 2.63. The molecule has 1 heterocycles. The summed E-state index contributed by atoms with van der Waals surface area (Å²) >= 11 is 6.11. The molecule has 126 valence electrons. The fraction of sp³-hybridized carbons (Fsp3) is 0.0526. The van der Waals surface area contributed by atoms with Crippen molar-refractivity contribution in [3.63, 3.8) is 0 Å². The van der Waals surface area contributed by atoms with Gasteiger partial charge in [-0.1, -0.05) is 41.9 Å². The Morgan fingerprint density at radius 2 is 1.88 bits per heavy atom. The van der Waals surface area contributed by atoms with Gasteiger partial charge in [0.15, 0.2) is 0 Å². The number of carbonyl (C=O) groups is 1. The lowest BCUT2D eigenvalue weighted by molar-refractivity contribution is 0.0951. The number of benzene rings is 2. The molecule has 2 N–H and O–H groups in total. The quantitative estimate of drug-likeness (QED) is 0.747. The second-order valence-electron chi connectivity index (χ2n) is 5.39. The van der Waals surface area contributed by atoms with E-state index in [9.17, 15) is 14.0 Å². The Kier molecular flexibility index (Phi) is 4.95. The molecule has 0 aliphatic carbocycles. The van der Waals surface area contributed by atoms with Crippen LogP contribution in [0.3, 0.4) is 0 Å². The van der Waals surface area contributed by atoms with Crippen LogP contribution < -0.4 is 10.9 Å². The lowest BCUT2D eigenvalue weighted by Gasteiger charge is -2.11. The Labute approximate surface area is 148 Å². The van der Waals surface area contributed by atoms with Gasteiger partial charge in [-0.3, -0.25) is 9.59 Å². The van der Waals surface area contributed by atoms with Crippen molar-refractivity contribution in [2.75, 3.05) is 0 Å². The van der Waals surface area contributed by atoms with Gasteiger partial charge in [-0.15, -0.1) is 0 Å². The maximum Gasteiger partial charge on any atom is 0.251 e. The van der Waals surface area contributed by atoms with Crippen LogP contribution in [0.25, 0.3) is 11.1 Å². The Morgan fingerprint density at radius 1 is 1.12 bits per heavy atom. The van der Waals surface area contributed by atoms with Crippen molar-refractivity contribution in [3.8, 4) is 11.1 Å². The number of pyridine rings is 1. The van der Waals surface area contributed by atoms with Gasteiger partial charge in [0.2, 0.25) is 5.56 Å². The highest BCUT2D eigenvalue weighted by Crippen LogP contribution is 2.29. The molecule has 0 spiro atoms. The topological polar surface area (TPSA) is 62.0 Å². The third-order valence-electron chi connectivity index (χ3n) is 3.72. The molecule has 25 heavy (non-hydrogen) atoms. The van der Waals surface area contributed by atoms with E-state index >= 15 is 0 Å². The van der Waals surface area contributed by atoms with Gasteiger partial charge in [-0.2, -0.15) is 0 Å². The predicted molar refractivity (Wildman–Crippen MR) is 95.1 cm³/mol. The first-order valence-electron chi connectivity index (χ1n) is 7.55. The van der Waals surface area contributed by atoms with E-state index in [-0.39, 0.29) is 28.6 Å². The highest BCUT2D eigenvalue weighted by molar-refractivity contribution is 6.31. The number of carbonyl (C=O) groups excluding carboxylic acids is 1. The smallest absolute Gasteiger partial charge is 0.251 e. The van der Waals surface area contributed by atoms with E-state index in [0.717, 1.165) is 0 Å². The average molecular weight is 357 g/mol. The molecule has 0 atom stereocenters. The maximum atomic E-state index is 14.6. The van der Waals surface area contributed by atoms with Gasteiger partial charge < -0.3 is 10.3 Å². The molecule has 0 saturated heterocycles. The number of amides is 1. The van der Waals surface area contributed by atoms with Crippen molar-refractivity contribution in [1.29, 1.82) is 0 Å². The van der Waals surface area contributed by atoms with Gasteiger partial charge in [0.25, 0.3) is 5.91 Å². The molecule has 6 heteroatoms. The highest BCUT2D eigenvalue weighted by atomic mass is 35.5. The Hall–Kier alpha value is -2.92. The third kappa shape index (κ3) is 3.78. The average Bonchev–Trinajstić information content (AvgIpc) is 2.63.